The minimum Gasteiger partial charge on any atom is -0.340 e. The Balaban J connectivity index is 1.70. The van der Waals surface area contributed by atoms with Crippen LogP contribution in [-0.2, 0) is 11.2 Å². The summed E-state index contributed by atoms with van der Waals surface area (Å²) in [6, 6.07) is 4.86. The number of carbonyl (C=O) groups excluding carboxylic acids is 2. The van der Waals surface area contributed by atoms with Crippen LogP contribution in [0.25, 0.3) is 10.9 Å². The molecule has 3 aromatic rings. The van der Waals surface area contributed by atoms with Crippen molar-refractivity contribution in [2.24, 2.45) is 0 Å². The average molecular weight is 366 g/mol. The highest BCUT2D eigenvalue weighted by molar-refractivity contribution is 6.08. The highest BCUT2D eigenvalue weighted by Gasteiger charge is 2.28. The van der Waals surface area contributed by atoms with Crippen molar-refractivity contribution in [3.63, 3.8) is 0 Å². The maximum Gasteiger partial charge on any atom is 0.252 e. The molecule has 0 spiro atoms. The van der Waals surface area contributed by atoms with Crippen molar-refractivity contribution in [1.82, 2.24) is 15.3 Å². The van der Waals surface area contributed by atoms with Crippen LogP contribution in [0.2, 0.25) is 0 Å². The van der Waals surface area contributed by atoms with E-state index in [-0.39, 0.29) is 28.8 Å². The highest BCUT2D eigenvalue weighted by Crippen LogP contribution is 2.23. The third-order valence-corrected chi connectivity index (χ3v) is 4.50. The lowest BCUT2D eigenvalue weighted by Crippen LogP contribution is -2.47. The Morgan fingerprint density at radius 1 is 1.30 bits per heavy atom. The summed E-state index contributed by atoms with van der Waals surface area (Å²) >= 11 is 0. The van der Waals surface area contributed by atoms with Crippen molar-refractivity contribution < 1.29 is 14.0 Å². The SMILES string of the molecule is Cc1cc(F)c2[nH]c(=O)cc(C(=O)NC3Cc4cnccc4NC3=O)c2c1. The molecule has 1 aliphatic rings. The van der Waals surface area contributed by atoms with Gasteiger partial charge in [-0.25, -0.2) is 4.39 Å². The molecule has 4 rings (SSSR count). The van der Waals surface area contributed by atoms with E-state index in [0.717, 1.165) is 11.6 Å². The number of fused-ring (bicyclic) bond motifs is 2. The molecule has 0 radical (unpaired) electrons. The maximum absolute atomic E-state index is 14.2. The van der Waals surface area contributed by atoms with E-state index >= 15 is 0 Å². The van der Waals surface area contributed by atoms with E-state index in [1.807, 2.05) is 0 Å². The van der Waals surface area contributed by atoms with Crippen LogP contribution < -0.4 is 16.2 Å². The third kappa shape index (κ3) is 3.05. The molecule has 1 atom stereocenters. The normalized spacial score (nSPS) is 15.9. The molecular weight excluding hydrogens is 351 g/mol. The van der Waals surface area contributed by atoms with Crippen LogP contribution in [0.15, 0.2) is 41.5 Å². The number of rotatable bonds is 2. The van der Waals surface area contributed by atoms with Crippen molar-refractivity contribution in [2.75, 3.05) is 5.32 Å². The first kappa shape index (κ1) is 16.9. The predicted molar refractivity (Wildman–Crippen MR) is 97.1 cm³/mol. The standard InChI is InChI=1S/C19H15FN4O3/c1-9-4-11-12(7-16(25)24-17(11)13(20)5-9)18(26)23-15-6-10-8-21-3-2-14(10)22-19(15)27/h2-5,7-8,15H,6H2,1H3,(H,22,27)(H,23,26)(H,24,25). The Labute approximate surface area is 152 Å². The lowest BCUT2D eigenvalue weighted by atomic mass is 10.00. The van der Waals surface area contributed by atoms with Gasteiger partial charge in [0.1, 0.15) is 11.9 Å². The van der Waals surface area contributed by atoms with E-state index in [4.69, 9.17) is 0 Å². The number of nitrogens with zero attached hydrogens (tertiary/aromatic N) is 1. The van der Waals surface area contributed by atoms with E-state index in [0.29, 0.717) is 11.3 Å². The molecule has 2 aromatic heterocycles. The quantitative estimate of drug-likeness (QED) is 0.642. The molecule has 0 saturated heterocycles. The summed E-state index contributed by atoms with van der Waals surface area (Å²) in [6.45, 7) is 1.69. The van der Waals surface area contributed by atoms with Crippen LogP contribution in [0.5, 0.6) is 0 Å². The maximum atomic E-state index is 14.2. The molecule has 0 aliphatic carbocycles. The van der Waals surface area contributed by atoms with Gasteiger partial charge in [-0.05, 0) is 36.2 Å². The number of pyridine rings is 2. The summed E-state index contributed by atoms with van der Waals surface area (Å²) in [4.78, 5) is 43.4. The van der Waals surface area contributed by atoms with Gasteiger partial charge < -0.3 is 15.6 Å². The first-order valence-electron chi connectivity index (χ1n) is 8.30. The largest absolute Gasteiger partial charge is 0.340 e. The molecule has 0 bridgehead atoms. The second-order valence-electron chi connectivity index (χ2n) is 6.47. The zero-order valence-corrected chi connectivity index (χ0v) is 14.3. The zero-order valence-electron chi connectivity index (χ0n) is 14.3. The van der Waals surface area contributed by atoms with E-state index in [1.54, 1.807) is 31.5 Å². The molecule has 0 fully saturated rings. The van der Waals surface area contributed by atoms with Gasteiger partial charge in [-0.3, -0.25) is 19.4 Å². The average Bonchev–Trinajstić information content (AvgIpc) is 2.62. The second kappa shape index (κ2) is 6.31. The number of hydrogen-bond donors (Lipinski definition) is 3. The topological polar surface area (TPSA) is 104 Å². The molecule has 1 unspecified atom stereocenters. The molecule has 7 nitrogen and oxygen atoms in total. The number of aromatic amines is 1. The fourth-order valence-electron chi connectivity index (χ4n) is 3.23. The van der Waals surface area contributed by atoms with Crippen molar-refractivity contribution in [3.05, 3.63) is 69.5 Å². The van der Waals surface area contributed by atoms with Gasteiger partial charge in [-0.1, -0.05) is 0 Å². The van der Waals surface area contributed by atoms with Gasteiger partial charge in [-0.15, -0.1) is 0 Å². The first-order chi connectivity index (χ1) is 12.9. The van der Waals surface area contributed by atoms with E-state index < -0.39 is 23.3 Å². The molecule has 3 N–H and O–H groups in total. The molecule has 1 aliphatic heterocycles. The summed E-state index contributed by atoms with van der Waals surface area (Å²) in [6.07, 6.45) is 3.46. The summed E-state index contributed by atoms with van der Waals surface area (Å²) in [5.41, 5.74) is 1.43. The molecule has 1 aromatic carbocycles. The Hall–Kier alpha value is -3.55. The van der Waals surface area contributed by atoms with Crippen molar-refractivity contribution in [2.45, 2.75) is 19.4 Å². The summed E-state index contributed by atoms with van der Waals surface area (Å²) in [7, 11) is 0. The van der Waals surface area contributed by atoms with Crippen molar-refractivity contribution in [3.8, 4) is 0 Å². The van der Waals surface area contributed by atoms with Crippen molar-refractivity contribution >= 4 is 28.4 Å². The number of hydrogen-bond acceptors (Lipinski definition) is 4. The van der Waals surface area contributed by atoms with Gasteiger partial charge in [0.15, 0.2) is 0 Å². The Morgan fingerprint density at radius 2 is 2.11 bits per heavy atom. The fraction of sp³-hybridized carbons (Fsp3) is 0.158. The number of H-pyrrole nitrogens is 1. The molecule has 3 heterocycles. The first-order valence-corrected chi connectivity index (χ1v) is 8.30. The van der Waals surface area contributed by atoms with Crippen LogP contribution in [0, 0.1) is 12.7 Å². The fourth-order valence-corrected chi connectivity index (χ4v) is 3.23. The van der Waals surface area contributed by atoms with Crippen LogP contribution in [0.3, 0.4) is 0 Å². The number of halogens is 1. The van der Waals surface area contributed by atoms with Crippen LogP contribution >= 0.6 is 0 Å². The molecular formula is C19H15FN4O3. The number of aryl methyl sites for hydroxylation is 1. The lowest BCUT2D eigenvalue weighted by molar-refractivity contribution is -0.118. The van der Waals surface area contributed by atoms with Gasteiger partial charge in [0.05, 0.1) is 11.1 Å². The Morgan fingerprint density at radius 3 is 2.93 bits per heavy atom. The monoisotopic (exact) mass is 366 g/mol. The minimum atomic E-state index is -0.821. The Bertz CT molecular complexity index is 1160. The predicted octanol–water partition coefficient (Wildman–Crippen LogP) is 1.66. The Kier molecular flexibility index (Phi) is 3.95. The van der Waals surface area contributed by atoms with Crippen LogP contribution in [0.4, 0.5) is 10.1 Å². The second-order valence-corrected chi connectivity index (χ2v) is 6.47. The summed E-state index contributed by atoms with van der Waals surface area (Å²) < 4.78 is 14.2. The van der Waals surface area contributed by atoms with Gasteiger partial charge >= 0.3 is 0 Å². The number of anilines is 1. The summed E-state index contributed by atoms with van der Waals surface area (Å²) in [5.74, 6) is -1.60. The molecule has 136 valence electrons. The molecule has 8 heteroatoms. The summed E-state index contributed by atoms with van der Waals surface area (Å²) in [5, 5.41) is 5.62. The van der Waals surface area contributed by atoms with Crippen LogP contribution in [0.1, 0.15) is 21.5 Å². The number of aromatic nitrogens is 2. The number of carbonyl (C=O) groups is 2. The molecule has 2 amide bonds. The number of amides is 2. The van der Waals surface area contributed by atoms with Gasteiger partial charge in [0.2, 0.25) is 11.5 Å². The van der Waals surface area contributed by atoms with E-state index in [1.165, 1.54) is 6.07 Å². The number of benzene rings is 1. The van der Waals surface area contributed by atoms with Crippen LogP contribution in [-0.4, -0.2) is 27.8 Å². The van der Waals surface area contributed by atoms with Gasteiger partial charge in [0.25, 0.3) is 5.91 Å². The smallest absolute Gasteiger partial charge is 0.252 e. The third-order valence-electron chi connectivity index (χ3n) is 4.50. The van der Waals surface area contributed by atoms with E-state index in [9.17, 15) is 18.8 Å². The molecule has 0 saturated carbocycles. The number of nitrogens with one attached hydrogen (secondary N) is 3. The highest BCUT2D eigenvalue weighted by atomic mass is 19.1. The van der Waals surface area contributed by atoms with Crippen molar-refractivity contribution in [1.29, 1.82) is 0 Å². The van der Waals surface area contributed by atoms with Gasteiger partial charge in [0, 0.05) is 36.0 Å². The lowest BCUT2D eigenvalue weighted by Gasteiger charge is -2.25. The zero-order chi connectivity index (χ0) is 19.1. The minimum absolute atomic E-state index is 0.0149. The van der Waals surface area contributed by atoms with E-state index in [2.05, 4.69) is 20.6 Å². The van der Waals surface area contributed by atoms with Gasteiger partial charge in [-0.2, -0.15) is 0 Å². The molecule has 27 heavy (non-hydrogen) atoms.